The number of nitrogens with one attached hydrogen (secondary N) is 1. The molecule has 3 rings (SSSR count). The molecule has 2 N–H and O–H groups in total. The maximum atomic E-state index is 12.1. The number of aromatic hydroxyl groups is 1. The maximum Gasteiger partial charge on any atom is 0.307 e. The number of amidine groups is 1. The van der Waals surface area contributed by atoms with E-state index >= 15 is 0 Å². The Labute approximate surface area is 159 Å². The summed E-state index contributed by atoms with van der Waals surface area (Å²) in [4.78, 5) is 23.1. The van der Waals surface area contributed by atoms with Gasteiger partial charge in [-0.2, -0.15) is 0 Å². The zero-order valence-electron chi connectivity index (χ0n) is 16.2. The Hall–Kier alpha value is -2.67. The van der Waals surface area contributed by atoms with E-state index in [1.165, 1.54) is 0 Å². The van der Waals surface area contributed by atoms with Crippen molar-refractivity contribution < 1.29 is 14.6 Å². The average molecular weight is 370 g/mol. The van der Waals surface area contributed by atoms with Gasteiger partial charge in [-0.25, -0.2) is 0 Å². The van der Waals surface area contributed by atoms with Crippen LogP contribution in [-0.4, -0.2) is 60.1 Å². The van der Waals surface area contributed by atoms with Gasteiger partial charge >= 0.3 is 5.97 Å². The van der Waals surface area contributed by atoms with Gasteiger partial charge in [0.2, 0.25) is 0 Å². The number of carbonyl (C=O) groups is 1. The summed E-state index contributed by atoms with van der Waals surface area (Å²) in [7, 11) is 1.73. The Morgan fingerprint density at radius 3 is 2.89 bits per heavy atom. The van der Waals surface area contributed by atoms with Crippen molar-refractivity contribution in [3.63, 3.8) is 0 Å². The summed E-state index contributed by atoms with van der Waals surface area (Å²) in [6.45, 7) is 6.73. The molecule has 0 saturated heterocycles. The molecular weight excluding hydrogens is 344 g/mol. The van der Waals surface area contributed by atoms with Crippen LogP contribution in [0.3, 0.4) is 0 Å². The number of esters is 1. The molecule has 0 bridgehead atoms. The van der Waals surface area contributed by atoms with Gasteiger partial charge in [0.1, 0.15) is 23.4 Å². The lowest BCUT2D eigenvalue weighted by Crippen LogP contribution is -2.41. The van der Waals surface area contributed by atoms with Gasteiger partial charge < -0.3 is 15.2 Å². The fourth-order valence-corrected chi connectivity index (χ4v) is 3.35. The lowest BCUT2D eigenvalue weighted by atomic mass is 10.00. The number of carbonyl (C=O) groups excluding carboxylic acids is 1. The summed E-state index contributed by atoms with van der Waals surface area (Å²) in [5.74, 6) is 0.747. The number of nitrogens with zero attached hydrogens (tertiary/aromatic N) is 3. The van der Waals surface area contributed by atoms with Crippen LogP contribution in [0.2, 0.25) is 0 Å². The molecule has 7 nitrogen and oxygen atoms in total. The van der Waals surface area contributed by atoms with Crippen molar-refractivity contribution in [2.24, 2.45) is 9.98 Å². The smallest absolute Gasteiger partial charge is 0.307 e. The molecule has 1 unspecified atom stereocenters. The van der Waals surface area contributed by atoms with Gasteiger partial charge in [-0.15, -0.1) is 0 Å². The van der Waals surface area contributed by atoms with Crippen LogP contribution in [0.1, 0.15) is 32.8 Å². The van der Waals surface area contributed by atoms with E-state index in [0.29, 0.717) is 13.1 Å². The quantitative estimate of drug-likeness (QED) is 0.794. The number of hydrogen-bond donors (Lipinski definition) is 2. The second-order valence-corrected chi connectivity index (χ2v) is 7.62. The molecular formula is C20H26N4O3. The molecule has 0 radical (unpaired) electrons. The maximum absolute atomic E-state index is 12.1. The second-order valence-electron chi connectivity index (χ2n) is 7.62. The summed E-state index contributed by atoms with van der Waals surface area (Å²) < 4.78 is 5.42. The fraction of sp³-hybridized carbons (Fsp3) is 0.450. The van der Waals surface area contributed by atoms with E-state index in [9.17, 15) is 9.90 Å². The first-order chi connectivity index (χ1) is 12.8. The second kappa shape index (κ2) is 7.52. The Morgan fingerprint density at radius 2 is 2.22 bits per heavy atom. The molecule has 2 aliphatic heterocycles. The number of phenols is 1. The molecule has 0 aromatic heterocycles. The fourth-order valence-electron chi connectivity index (χ4n) is 3.35. The zero-order valence-corrected chi connectivity index (χ0v) is 16.2. The number of benzene rings is 1. The third-order valence-corrected chi connectivity index (χ3v) is 4.40. The molecule has 0 fully saturated rings. The third-order valence-electron chi connectivity index (χ3n) is 4.40. The number of hydrogen-bond acceptors (Lipinski definition) is 6. The van der Waals surface area contributed by atoms with Crippen molar-refractivity contribution in [1.82, 2.24) is 10.2 Å². The van der Waals surface area contributed by atoms with E-state index in [4.69, 9.17) is 4.74 Å². The highest BCUT2D eigenvalue weighted by Crippen LogP contribution is 2.35. The molecule has 2 aliphatic rings. The number of phenolic OH excluding ortho intramolecular Hbond substituents is 1. The summed E-state index contributed by atoms with van der Waals surface area (Å²) in [5.41, 5.74) is 2.46. The van der Waals surface area contributed by atoms with E-state index in [2.05, 4.69) is 20.2 Å². The van der Waals surface area contributed by atoms with E-state index < -0.39 is 5.60 Å². The van der Waals surface area contributed by atoms with Gasteiger partial charge in [0.15, 0.2) is 0 Å². The van der Waals surface area contributed by atoms with Gasteiger partial charge in [0, 0.05) is 25.7 Å². The van der Waals surface area contributed by atoms with E-state index in [0.717, 1.165) is 22.5 Å². The number of rotatable bonds is 4. The first-order valence-corrected chi connectivity index (χ1v) is 9.02. The molecule has 0 amide bonds. The first kappa shape index (κ1) is 19.1. The lowest BCUT2D eigenvalue weighted by molar-refractivity contribution is -0.155. The zero-order chi connectivity index (χ0) is 19.6. The summed E-state index contributed by atoms with van der Waals surface area (Å²) >= 11 is 0. The van der Waals surface area contributed by atoms with Crippen molar-refractivity contribution >= 4 is 23.7 Å². The van der Waals surface area contributed by atoms with Gasteiger partial charge in [0.25, 0.3) is 0 Å². The Kier molecular flexibility index (Phi) is 5.32. The largest absolute Gasteiger partial charge is 0.508 e. The predicted octanol–water partition coefficient (Wildman–Crippen LogP) is 2.18. The topological polar surface area (TPSA) is 86.5 Å². The number of aliphatic imine (C=N–C) groups is 2. The van der Waals surface area contributed by atoms with Gasteiger partial charge in [-0.1, -0.05) is 12.1 Å². The van der Waals surface area contributed by atoms with Crippen LogP contribution in [0.15, 0.2) is 39.8 Å². The summed E-state index contributed by atoms with van der Waals surface area (Å²) in [5, 5.41) is 13.0. The van der Waals surface area contributed by atoms with Crippen LogP contribution in [0.4, 0.5) is 0 Å². The minimum absolute atomic E-state index is 0.204. The highest BCUT2D eigenvalue weighted by molar-refractivity contribution is 6.12. The molecule has 0 spiro atoms. The molecule has 1 aromatic carbocycles. The molecule has 0 saturated carbocycles. The van der Waals surface area contributed by atoms with E-state index in [1.54, 1.807) is 25.5 Å². The first-order valence-electron chi connectivity index (χ1n) is 9.02. The van der Waals surface area contributed by atoms with Crippen molar-refractivity contribution in [3.05, 3.63) is 35.4 Å². The minimum atomic E-state index is -0.493. The monoisotopic (exact) mass is 370 g/mol. The summed E-state index contributed by atoms with van der Waals surface area (Å²) in [6, 6.07) is 7.16. The Bertz CT molecular complexity index is 821. The van der Waals surface area contributed by atoms with Crippen LogP contribution < -0.4 is 5.32 Å². The highest BCUT2D eigenvalue weighted by Gasteiger charge is 2.37. The number of fused-ring (bicyclic) bond motifs is 1. The molecule has 27 heavy (non-hydrogen) atoms. The molecule has 144 valence electrons. The molecule has 1 atom stereocenters. The Balaban J connectivity index is 1.84. The van der Waals surface area contributed by atoms with Crippen molar-refractivity contribution in [2.45, 2.75) is 39.0 Å². The minimum Gasteiger partial charge on any atom is -0.508 e. The van der Waals surface area contributed by atoms with Crippen molar-refractivity contribution in [3.8, 4) is 5.75 Å². The highest BCUT2D eigenvalue weighted by atomic mass is 16.6. The normalized spacial score (nSPS) is 21.3. The van der Waals surface area contributed by atoms with Crippen LogP contribution >= 0.6 is 0 Å². The van der Waals surface area contributed by atoms with Crippen molar-refractivity contribution in [1.29, 1.82) is 0 Å². The predicted molar refractivity (Wildman–Crippen MR) is 106 cm³/mol. The van der Waals surface area contributed by atoms with Crippen LogP contribution in [0, 0.1) is 0 Å². The Morgan fingerprint density at radius 1 is 1.44 bits per heavy atom. The van der Waals surface area contributed by atoms with Gasteiger partial charge in [-0.3, -0.25) is 19.7 Å². The van der Waals surface area contributed by atoms with E-state index in [-0.39, 0.29) is 24.3 Å². The molecule has 2 heterocycles. The molecule has 1 aromatic rings. The third kappa shape index (κ3) is 4.36. The van der Waals surface area contributed by atoms with Crippen LogP contribution in [0.25, 0.3) is 5.57 Å². The number of ether oxygens (including phenoxy) is 1. The van der Waals surface area contributed by atoms with Crippen molar-refractivity contribution in [2.75, 3.05) is 20.1 Å². The lowest BCUT2D eigenvalue weighted by Gasteiger charge is -2.27. The standard InChI is InChI=1S/C20H26N4O3/c1-20(2,3)27-16(26)8-9-24-11-15(13-6-5-7-14(25)10-13)17-18(21-4)22-12-23-19(17)24/h5-7,10,12,19,25H,8-9,11H2,1-4H3,(H,21,22,23). The van der Waals surface area contributed by atoms with Gasteiger partial charge in [-0.05, 0) is 44.0 Å². The average Bonchev–Trinajstić information content (AvgIpc) is 2.97. The van der Waals surface area contributed by atoms with Crippen LogP contribution in [-0.2, 0) is 9.53 Å². The van der Waals surface area contributed by atoms with E-state index in [1.807, 2.05) is 32.9 Å². The van der Waals surface area contributed by atoms with Gasteiger partial charge in [0.05, 0.1) is 12.8 Å². The molecule has 0 aliphatic carbocycles. The molecule has 7 heteroatoms. The summed E-state index contributed by atoms with van der Waals surface area (Å²) in [6.07, 6.45) is 1.72. The SMILES string of the molecule is CN=C1NC=NC2C1=C(c1cccc(O)c1)CN2CCC(=O)OC(C)(C)C. The van der Waals surface area contributed by atoms with Crippen LogP contribution in [0.5, 0.6) is 5.75 Å².